The predicted octanol–water partition coefficient (Wildman–Crippen LogP) is 5.79. The van der Waals surface area contributed by atoms with E-state index in [1.807, 2.05) is 62.0 Å². The Labute approximate surface area is 188 Å². The molecule has 4 aromatic rings. The summed E-state index contributed by atoms with van der Waals surface area (Å²) in [4.78, 5) is 4.64. The van der Waals surface area contributed by atoms with E-state index in [2.05, 4.69) is 21.5 Å². The quantitative estimate of drug-likeness (QED) is 0.423. The van der Waals surface area contributed by atoms with Crippen molar-refractivity contribution in [3.8, 4) is 11.3 Å². The molecule has 0 saturated heterocycles. The lowest BCUT2D eigenvalue weighted by Gasteiger charge is -2.23. The lowest BCUT2D eigenvalue weighted by atomic mass is 9.94. The number of rotatable bonds is 6. The van der Waals surface area contributed by atoms with Gasteiger partial charge in [-0.25, -0.2) is 4.39 Å². The molecule has 2 aromatic carbocycles. The zero-order valence-corrected chi connectivity index (χ0v) is 18.5. The molecule has 0 bridgehead atoms. The summed E-state index contributed by atoms with van der Waals surface area (Å²) in [5.41, 5.74) is 4.91. The van der Waals surface area contributed by atoms with Gasteiger partial charge in [-0.15, -0.1) is 0 Å². The van der Waals surface area contributed by atoms with Gasteiger partial charge < -0.3 is 5.32 Å². The topological polar surface area (TPSA) is 42.7 Å². The maximum absolute atomic E-state index is 15.3. The highest BCUT2D eigenvalue weighted by Gasteiger charge is 2.16. The molecule has 1 aliphatic rings. The van der Waals surface area contributed by atoms with Gasteiger partial charge in [-0.2, -0.15) is 5.10 Å². The minimum Gasteiger partial charge on any atom is -0.310 e. The molecule has 2 aromatic heterocycles. The Kier molecular flexibility index (Phi) is 5.99. The first kappa shape index (κ1) is 20.8. The van der Waals surface area contributed by atoms with Crippen LogP contribution in [0.2, 0.25) is 0 Å². The van der Waals surface area contributed by atoms with Gasteiger partial charge in [0.15, 0.2) is 0 Å². The van der Waals surface area contributed by atoms with Crippen LogP contribution in [0.15, 0.2) is 61.1 Å². The molecule has 164 valence electrons. The highest BCUT2D eigenvalue weighted by Crippen LogP contribution is 2.28. The number of nitrogens with zero attached hydrogens (tertiary/aromatic N) is 3. The molecule has 2 heterocycles. The molecular formula is C27H29FN4. The number of aromatic nitrogens is 3. The summed E-state index contributed by atoms with van der Waals surface area (Å²) >= 11 is 0. The van der Waals surface area contributed by atoms with E-state index in [-0.39, 0.29) is 5.82 Å². The van der Waals surface area contributed by atoms with Crippen LogP contribution in [0.3, 0.4) is 0 Å². The molecule has 32 heavy (non-hydrogen) atoms. The zero-order chi connectivity index (χ0) is 21.9. The Morgan fingerprint density at radius 1 is 1.00 bits per heavy atom. The van der Waals surface area contributed by atoms with Crippen LogP contribution in [-0.2, 0) is 20.0 Å². The highest BCUT2D eigenvalue weighted by molar-refractivity contribution is 5.87. The van der Waals surface area contributed by atoms with Crippen molar-refractivity contribution in [1.82, 2.24) is 20.1 Å². The van der Waals surface area contributed by atoms with Crippen molar-refractivity contribution >= 4 is 10.8 Å². The fraction of sp³-hybridized carbons (Fsp3) is 0.333. The van der Waals surface area contributed by atoms with Gasteiger partial charge >= 0.3 is 0 Å². The second kappa shape index (κ2) is 9.21. The first-order chi connectivity index (χ1) is 15.7. The van der Waals surface area contributed by atoms with Gasteiger partial charge in [-0.05, 0) is 41.8 Å². The van der Waals surface area contributed by atoms with Crippen molar-refractivity contribution < 1.29 is 4.39 Å². The molecule has 0 spiro atoms. The molecule has 0 amide bonds. The lowest BCUT2D eigenvalue weighted by molar-refractivity contribution is 0.370. The number of nitrogens with one attached hydrogen (secondary N) is 1. The number of pyridine rings is 1. The van der Waals surface area contributed by atoms with E-state index < -0.39 is 0 Å². The lowest BCUT2D eigenvalue weighted by Crippen LogP contribution is -2.30. The second-order valence-electron chi connectivity index (χ2n) is 8.90. The van der Waals surface area contributed by atoms with Crippen LogP contribution in [0, 0.1) is 5.82 Å². The van der Waals surface area contributed by atoms with Crippen LogP contribution in [0.4, 0.5) is 4.39 Å². The Hall–Kier alpha value is -3.05. The van der Waals surface area contributed by atoms with Crippen molar-refractivity contribution in [3.63, 3.8) is 0 Å². The molecule has 4 nitrogen and oxygen atoms in total. The third kappa shape index (κ3) is 4.44. The summed E-state index contributed by atoms with van der Waals surface area (Å²) in [7, 11) is 1.90. The third-order valence-electron chi connectivity index (χ3n) is 6.55. The number of hydrogen-bond donors (Lipinski definition) is 1. The van der Waals surface area contributed by atoms with E-state index in [1.54, 1.807) is 4.68 Å². The molecular weight excluding hydrogens is 399 g/mol. The van der Waals surface area contributed by atoms with E-state index in [1.165, 1.54) is 32.1 Å². The number of aryl methyl sites for hydroxylation is 1. The summed E-state index contributed by atoms with van der Waals surface area (Å²) in [6, 6.07) is 14.5. The molecule has 1 N–H and O–H groups in total. The largest absolute Gasteiger partial charge is 0.310 e. The highest BCUT2D eigenvalue weighted by atomic mass is 19.1. The van der Waals surface area contributed by atoms with Crippen LogP contribution in [0.1, 0.15) is 48.8 Å². The molecule has 1 saturated carbocycles. The summed E-state index contributed by atoms with van der Waals surface area (Å²) in [5, 5.41) is 9.50. The molecule has 5 heteroatoms. The summed E-state index contributed by atoms with van der Waals surface area (Å²) in [6.45, 7) is 0.576. The molecule has 1 aliphatic carbocycles. The van der Waals surface area contributed by atoms with Crippen LogP contribution < -0.4 is 5.32 Å². The monoisotopic (exact) mass is 428 g/mol. The molecule has 0 aliphatic heterocycles. The SMILES string of the molecule is Cn1cc(-c2ccc(Cc3cc(CNC4CCCCC4)c(F)c4ccccc34)cn2)cn1. The Morgan fingerprint density at radius 3 is 2.53 bits per heavy atom. The van der Waals surface area contributed by atoms with Crippen molar-refractivity contribution in [2.45, 2.75) is 51.1 Å². The van der Waals surface area contributed by atoms with Gasteiger partial charge in [0.05, 0.1) is 11.9 Å². The maximum atomic E-state index is 15.3. The maximum Gasteiger partial charge on any atom is 0.135 e. The van der Waals surface area contributed by atoms with Crippen molar-refractivity contribution in [3.05, 3.63) is 83.6 Å². The summed E-state index contributed by atoms with van der Waals surface area (Å²) in [6.07, 6.45) is 12.7. The average Bonchev–Trinajstić information content (AvgIpc) is 3.27. The van der Waals surface area contributed by atoms with Crippen LogP contribution in [0.25, 0.3) is 22.0 Å². The summed E-state index contributed by atoms with van der Waals surface area (Å²) in [5.74, 6) is -0.0993. The summed E-state index contributed by atoms with van der Waals surface area (Å²) < 4.78 is 17.1. The van der Waals surface area contributed by atoms with Crippen molar-refractivity contribution in [2.24, 2.45) is 7.05 Å². The fourth-order valence-corrected chi connectivity index (χ4v) is 4.79. The molecule has 0 unspecified atom stereocenters. The average molecular weight is 429 g/mol. The van der Waals surface area contributed by atoms with Crippen molar-refractivity contribution in [2.75, 3.05) is 0 Å². The first-order valence-electron chi connectivity index (χ1n) is 11.5. The normalized spacial score (nSPS) is 14.8. The van der Waals surface area contributed by atoms with E-state index in [9.17, 15) is 0 Å². The molecule has 1 fully saturated rings. The predicted molar refractivity (Wildman–Crippen MR) is 127 cm³/mol. The number of benzene rings is 2. The first-order valence-corrected chi connectivity index (χ1v) is 11.5. The molecule has 5 rings (SSSR count). The van der Waals surface area contributed by atoms with Gasteiger partial charge in [0.2, 0.25) is 0 Å². The number of halogens is 1. The second-order valence-corrected chi connectivity index (χ2v) is 8.90. The number of hydrogen-bond acceptors (Lipinski definition) is 3. The van der Waals surface area contributed by atoms with E-state index in [0.29, 0.717) is 18.0 Å². The van der Waals surface area contributed by atoms with Crippen LogP contribution >= 0.6 is 0 Å². The number of fused-ring (bicyclic) bond motifs is 1. The van der Waals surface area contributed by atoms with E-state index in [4.69, 9.17) is 0 Å². The minimum absolute atomic E-state index is 0.0993. The Morgan fingerprint density at radius 2 is 1.81 bits per heavy atom. The minimum atomic E-state index is -0.0993. The van der Waals surface area contributed by atoms with Gasteiger partial charge in [0, 0.05) is 48.5 Å². The fourth-order valence-electron chi connectivity index (χ4n) is 4.79. The van der Waals surface area contributed by atoms with Gasteiger partial charge in [-0.3, -0.25) is 9.67 Å². The third-order valence-corrected chi connectivity index (χ3v) is 6.55. The van der Waals surface area contributed by atoms with Gasteiger partial charge in [-0.1, -0.05) is 55.7 Å². The van der Waals surface area contributed by atoms with Crippen molar-refractivity contribution in [1.29, 1.82) is 0 Å². The smallest absolute Gasteiger partial charge is 0.135 e. The molecule has 0 radical (unpaired) electrons. The van der Waals surface area contributed by atoms with Gasteiger partial charge in [0.1, 0.15) is 5.82 Å². The van der Waals surface area contributed by atoms with E-state index in [0.717, 1.165) is 39.8 Å². The standard InChI is InChI=1S/C27H29FN4/c1-32-18-22(17-31-32)26-12-11-19(15-30-26)13-20-14-21(16-29-23-7-3-2-4-8-23)27(28)25-10-6-5-9-24(20)25/h5-6,9-12,14-15,17-18,23,29H,2-4,7-8,13,16H2,1H3. The van der Waals surface area contributed by atoms with Gasteiger partial charge in [0.25, 0.3) is 0 Å². The Balaban J connectivity index is 1.41. The van der Waals surface area contributed by atoms with Crippen LogP contribution in [-0.4, -0.2) is 20.8 Å². The van der Waals surface area contributed by atoms with E-state index >= 15 is 4.39 Å². The van der Waals surface area contributed by atoms with Crippen LogP contribution in [0.5, 0.6) is 0 Å². The molecule has 0 atom stereocenters. The Bertz CT molecular complexity index is 1210. The zero-order valence-electron chi connectivity index (χ0n) is 18.5.